The van der Waals surface area contributed by atoms with Gasteiger partial charge in [-0.25, -0.2) is 0 Å². The number of rotatable bonds is 7. The second kappa shape index (κ2) is 6.99. The van der Waals surface area contributed by atoms with Gasteiger partial charge in [0.15, 0.2) is 0 Å². The van der Waals surface area contributed by atoms with E-state index in [4.69, 9.17) is 4.42 Å². The first-order valence-corrected chi connectivity index (χ1v) is 7.83. The Morgan fingerprint density at radius 1 is 1.50 bits per heavy atom. The van der Waals surface area contributed by atoms with Crippen molar-refractivity contribution in [2.24, 2.45) is 5.92 Å². The topological polar surface area (TPSA) is 63.0 Å². The number of aromatic nitrogens is 2. The van der Waals surface area contributed by atoms with Crippen molar-refractivity contribution in [1.82, 2.24) is 15.5 Å². The third-order valence-corrected chi connectivity index (χ3v) is 4.31. The van der Waals surface area contributed by atoms with Crippen molar-refractivity contribution in [3.63, 3.8) is 0 Å². The number of thioether (sulfide) groups is 1. The summed E-state index contributed by atoms with van der Waals surface area (Å²) >= 11 is 2.02. The normalized spacial score (nSPS) is 21.1. The van der Waals surface area contributed by atoms with Crippen LogP contribution in [0.5, 0.6) is 0 Å². The highest BCUT2D eigenvalue weighted by Crippen LogP contribution is 2.23. The predicted octanol–water partition coefficient (Wildman–Crippen LogP) is 2.30. The van der Waals surface area contributed by atoms with Gasteiger partial charge in [0, 0.05) is 6.54 Å². The van der Waals surface area contributed by atoms with E-state index in [1.807, 2.05) is 18.7 Å². The maximum Gasteiger partial charge on any atom is 0.315 e. The summed E-state index contributed by atoms with van der Waals surface area (Å²) in [6.07, 6.45) is 2.38. The van der Waals surface area contributed by atoms with E-state index in [0.717, 1.165) is 25.4 Å². The molecule has 102 valence electrons. The van der Waals surface area contributed by atoms with E-state index in [1.165, 1.54) is 17.9 Å². The van der Waals surface area contributed by atoms with Crippen LogP contribution in [0.25, 0.3) is 0 Å². The highest BCUT2D eigenvalue weighted by Gasteiger charge is 2.17. The van der Waals surface area contributed by atoms with Crippen LogP contribution in [0.1, 0.15) is 38.6 Å². The average Bonchev–Trinajstić information content (AvgIpc) is 3.04. The molecule has 0 spiro atoms. The first kappa shape index (κ1) is 13.7. The van der Waals surface area contributed by atoms with Crippen molar-refractivity contribution >= 4 is 17.8 Å². The fraction of sp³-hybridized carbons (Fsp3) is 0.833. The highest BCUT2D eigenvalue weighted by molar-refractivity contribution is 7.99. The van der Waals surface area contributed by atoms with Gasteiger partial charge < -0.3 is 15.1 Å². The summed E-state index contributed by atoms with van der Waals surface area (Å²) < 4.78 is 5.60. The van der Waals surface area contributed by atoms with E-state index >= 15 is 0 Å². The van der Waals surface area contributed by atoms with Crippen molar-refractivity contribution < 1.29 is 4.42 Å². The van der Waals surface area contributed by atoms with Gasteiger partial charge in [-0.2, -0.15) is 11.8 Å². The van der Waals surface area contributed by atoms with Gasteiger partial charge in [0.1, 0.15) is 0 Å². The quantitative estimate of drug-likeness (QED) is 0.792. The zero-order valence-electron chi connectivity index (χ0n) is 11.1. The van der Waals surface area contributed by atoms with Crippen LogP contribution in [0.2, 0.25) is 0 Å². The van der Waals surface area contributed by atoms with Crippen LogP contribution >= 0.6 is 11.8 Å². The summed E-state index contributed by atoms with van der Waals surface area (Å²) in [5.74, 6) is 3.91. The molecular weight excluding hydrogens is 248 g/mol. The molecule has 2 N–H and O–H groups in total. The standard InChI is InChI=1S/C12H22N4OS/c1-3-5-13-9(2)11-15-16-12(17-11)14-7-10-4-6-18-8-10/h9-10,13H,3-8H2,1-2H3,(H,14,16). The Kier molecular flexibility index (Phi) is 5.31. The first-order valence-electron chi connectivity index (χ1n) is 6.68. The molecule has 2 unspecified atom stereocenters. The number of nitrogens with one attached hydrogen (secondary N) is 2. The van der Waals surface area contributed by atoms with Gasteiger partial charge in [-0.05, 0) is 43.7 Å². The van der Waals surface area contributed by atoms with Gasteiger partial charge >= 0.3 is 6.01 Å². The molecule has 2 atom stereocenters. The van der Waals surface area contributed by atoms with Crippen LogP contribution < -0.4 is 10.6 Å². The number of nitrogens with zero attached hydrogens (tertiary/aromatic N) is 2. The molecule has 0 amide bonds. The van der Waals surface area contributed by atoms with Crippen LogP contribution in [0.15, 0.2) is 4.42 Å². The summed E-state index contributed by atoms with van der Waals surface area (Å²) in [6, 6.07) is 0.669. The first-order chi connectivity index (χ1) is 8.79. The van der Waals surface area contributed by atoms with Gasteiger partial charge in [-0.1, -0.05) is 12.0 Å². The minimum absolute atomic E-state index is 0.120. The maximum absolute atomic E-state index is 5.60. The van der Waals surface area contributed by atoms with Crippen LogP contribution in [0, 0.1) is 5.92 Å². The van der Waals surface area contributed by atoms with E-state index in [1.54, 1.807) is 0 Å². The zero-order valence-corrected chi connectivity index (χ0v) is 11.9. The van der Waals surface area contributed by atoms with Crippen LogP contribution in [-0.4, -0.2) is 34.8 Å². The predicted molar refractivity (Wildman–Crippen MR) is 74.9 cm³/mol. The summed E-state index contributed by atoms with van der Waals surface area (Å²) in [5, 5.41) is 14.7. The Morgan fingerprint density at radius 3 is 3.11 bits per heavy atom. The third-order valence-electron chi connectivity index (χ3n) is 3.08. The molecule has 0 saturated carbocycles. The highest BCUT2D eigenvalue weighted by atomic mass is 32.2. The lowest BCUT2D eigenvalue weighted by Gasteiger charge is -2.08. The van der Waals surface area contributed by atoms with E-state index in [0.29, 0.717) is 11.9 Å². The molecule has 0 radical (unpaired) electrons. The Labute approximate surface area is 112 Å². The van der Waals surface area contributed by atoms with Crippen LogP contribution in [0.3, 0.4) is 0 Å². The Balaban J connectivity index is 1.77. The van der Waals surface area contributed by atoms with Gasteiger partial charge in [-0.3, -0.25) is 0 Å². The molecule has 1 aliphatic rings. The number of anilines is 1. The molecule has 1 saturated heterocycles. The van der Waals surface area contributed by atoms with Gasteiger partial charge in [0.25, 0.3) is 0 Å². The molecule has 0 aromatic carbocycles. The Hall–Kier alpha value is -0.750. The zero-order chi connectivity index (χ0) is 12.8. The molecule has 1 aromatic rings. The van der Waals surface area contributed by atoms with Gasteiger partial charge in [0.05, 0.1) is 6.04 Å². The monoisotopic (exact) mass is 270 g/mol. The molecule has 18 heavy (non-hydrogen) atoms. The Morgan fingerprint density at radius 2 is 2.39 bits per heavy atom. The van der Waals surface area contributed by atoms with Crippen molar-refractivity contribution in [3.8, 4) is 0 Å². The molecule has 2 rings (SSSR count). The lowest BCUT2D eigenvalue weighted by Crippen LogP contribution is -2.19. The summed E-state index contributed by atoms with van der Waals surface area (Å²) in [4.78, 5) is 0. The van der Waals surface area contributed by atoms with Crippen molar-refractivity contribution in [3.05, 3.63) is 5.89 Å². The molecule has 0 aliphatic carbocycles. The summed E-state index contributed by atoms with van der Waals surface area (Å²) in [5.41, 5.74) is 0. The number of hydrogen-bond acceptors (Lipinski definition) is 6. The minimum atomic E-state index is 0.120. The average molecular weight is 270 g/mol. The van der Waals surface area contributed by atoms with Crippen molar-refractivity contribution in [2.75, 3.05) is 29.9 Å². The molecule has 6 heteroatoms. The Bertz CT molecular complexity index is 352. The van der Waals surface area contributed by atoms with Gasteiger partial charge in [-0.15, -0.1) is 5.10 Å². The van der Waals surface area contributed by atoms with Crippen molar-refractivity contribution in [1.29, 1.82) is 0 Å². The fourth-order valence-corrected chi connectivity index (χ4v) is 3.19. The largest absolute Gasteiger partial charge is 0.406 e. The molecule has 5 nitrogen and oxygen atoms in total. The fourth-order valence-electron chi connectivity index (χ4n) is 1.91. The summed E-state index contributed by atoms with van der Waals surface area (Å²) in [6.45, 7) is 6.08. The molecule has 0 bridgehead atoms. The molecular formula is C12H22N4OS. The second-order valence-corrected chi connectivity index (χ2v) is 5.88. The maximum atomic E-state index is 5.60. The van der Waals surface area contributed by atoms with Crippen molar-refractivity contribution in [2.45, 2.75) is 32.7 Å². The van der Waals surface area contributed by atoms with E-state index in [9.17, 15) is 0 Å². The lowest BCUT2D eigenvalue weighted by molar-refractivity contribution is 0.421. The summed E-state index contributed by atoms with van der Waals surface area (Å²) in [7, 11) is 0. The van der Waals surface area contributed by atoms with Gasteiger partial charge in [0.2, 0.25) is 5.89 Å². The second-order valence-electron chi connectivity index (χ2n) is 4.73. The molecule has 1 aromatic heterocycles. The van der Waals surface area contributed by atoms with E-state index < -0.39 is 0 Å². The smallest absolute Gasteiger partial charge is 0.315 e. The van der Waals surface area contributed by atoms with Crippen LogP contribution in [0.4, 0.5) is 6.01 Å². The lowest BCUT2D eigenvalue weighted by atomic mass is 10.1. The molecule has 1 aliphatic heterocycles. The third kappa shape index (κ3) is 3.88. The van der Waals surface area contributed by atoms with Crippen LogP contribution in [-0.2, 0) is 0 Å². The van der Waals surface area contributed by atoms with E-state index in [-0.39, 0.29) is 6.04 Å². The van der Waals surface area contributed by atoms with E-state index in [2.05, 4.69) is 27.8 Å². The molecule has 2 heterocycles. The molecule has 1 fully saturated rings. The number of hydrogen-bond donors (Lipinski definition) is 2. The SMILES string of the molecule is CCCNC(C)c1nnc(NCC2CCSC2)o1. The minimum Gasteiger partial charge on any atom is -0.406 e.